The maximum atomic E-state index is 13.3. The second-order valence-electron chi connectivity index (χ2n) is 2.93. The Kier molecular flexibility index (Phi) is 3.47. The quantitative estimate of drug-likeness (QED) is 0.843. The molecule has 1 rings (SSSR count). The zero-order chi connectivity index (χ0) is 10.7. The summed E-state index contributed by atoms with van der Waals surface area (Å²) < 4.78 is 13.3. The van der Waals surface area contributed by atoms with Gasteiger partial charge in [0.1, 0.15) is 5.82 Å². The van der Waals surface area contributed by atoms with Crippen LogP contribution in [0.3, 0.4) is 0 Å². The average Bonchev–Trinajstić information content (AvgIpc) is 2.10. The zero-order valence-electron chi connectivity index (χ0n) is 7.63. The van der Waals surface area contributed by atoms with Crippen molar-refractivity contribution < 1.29 is 14.3 Å². The van der Waals surface area contributed by atoms with Gasteiger partial charge in [0, 0.05) is 10.6 Å². The van der Waals surface area contributed by atoms with Crippen LogP contribution in [0.25, 0.3) is 0 Å². The molecule has 0 aliphatic heterocycles. The van der Waals surface area contributed by atoms with Crippen LogP contribution in [0.5, 0.6) is 0 Å². The fourth-order valence-electron chi connectivity index (χ4n) is 1.35. The van der Waals surface area contributed by atoms with E-state index in [-0.39, 0.29) is 10.6 Å². The maximum absolute atomic E-state index is 13.3. The predicted octanol–water partition coefficient (Wildman–Crippen LogP) is 3.06. The number of rotatable bonds is 3. The first-order chi connectivity index (χ1) is 6.57. The van der Waals surface area contributed by atoms with Crippen LogP contribution in [-0.2, 0) is 4.79 Å². The highest BCUT2D eigenvalue weighted by Crippen LogP contribution is 2.29. The molecule has 0 fully saturated rings. The molecular formula is C10H10ClFO2. The minimum absolute atomic E-state index is 0.0733. The number of carboxylic acids is 1. The highest BCUT2D eigenvalue weighted by Gasteiger charge is 2.23. The Morgan fingerprint density at radius 1 is 1.64 bits per heavy atom. The van der Waals surface area contributed by atoms with Crippen molar-refractivity contribution in [3.05, 3.63) is 34.6 Å². The van der Waals surface area contributed by atoms with Gasteiger partial charge in [0.2, 0.25) is 0 Å². The Morgan fingerprint density at radius 2 is 2.29 bits per heavy atom. The van der Waals surface area contributed by atoms with Gasteiger partial charge in [0.05, 0.1) is 5.92 Å². The van der Waals surface area contributed by atoms with Crippen LogP contribution >= 0.6 is 11.6 Å². The van der Waals surface area contributed by atoms with E-state index >= 15 is 0 Å². The van der Waals surface area contributed by atoms with E-state index in [0.29, 0.717) is 6.42 Å². The molecule has 76 valence electrons. The summed E-state index contributed by atoms with van der Waals surface area (Å²) in [6.45, 7) is 1.68. The second kappa shape index (κ2) is 4.42. The van der Waals surface area contributed by atoms with Crippen LogP contribution in [-0.4, -0.2) is 11.1 Å². The largest absolute Gasteiger partial charge is 0.481 e. The number of carbonyl (C=O) groups is 1. The van der Waals surface area contributed by atoms with E-state index in [0.717, 1.165) is 0 Å². The summed E-state index contributed by atoms with van der Waals surface area (Å²) in [7, 11) is 0. The third-order valence-corrected chi connectivity index (χ3v) is 2.38. The van der Waals surface area contributed by atoms with Gasteiger partial charge in [0.25, 0.3) is 0 Å². The van der Waals surface area contributed by atoms with Crippen molar-refractivity contribution in [3.8, 4) is 0 Å². The molecule has 0 radical (unpaired) electrons. The van der Waals surface area contributed by atoms with Crippen molar-refractivity contribution in [2.75, 3.05) is 0 Å². The van der Waals surface area contributed by atoms with Crippen LogP contribution in [0.2, 0.25) is 5.02 Å². The second-order valence-corrected chi connectivity index (χ2v) is 3.34. The Hall–Kier alpha value is -1.09. The van der Waals surface area contributed by atoms with E-state index in [1.165, 1.54) is 18.2 Å². The van der Waals surface area contributed by atoms with Crippen molar-refractivity contribution in [1.29, 1.82) is 0 Å². The first kappa shape index (κ1) is 11.0. The molecule has 0 heterocycles. The smallest absolute Gasteiger partial charge is 0.311 e. The Morgan fingerprint density at radius 3 is 2.71 bits per heavy atom. The molecule has 0 aliphatic carbocycles. The van der Waals surface area contributed by atoms with Crippen LogP contribution < -0.4 is 0 Å². The highest BCUT2D eigenvalue weighted by atomic mass is 35.5. The van der Waals surface area contributed by atoms with E-state index in [1.807, 2.05) is 0 Å². The van der Waals surface area contributed by atoms with E-state index in [9.17, 15) is 9.18 Å². The summed E-state index contributed by atoms with van der Waals surface area (Å²) in [6, 6.07) is 4.16. The van der Waals surface area contributed by atoms with Gasteiger partial charge in [-0.3, -0.25) is 4.79 Å². The van der Waals surface area contributed by atoms with Gasteiger partial charge in [0.15, 0.2) is 0 Å². The Balaban J connectivity index is 3.22. The van der Waals surface area contributed by atoms with Gasteiger partial charge in [-0.15, -0.1) is 0 Å². The zero-order valence-corrected chi connectivity index (χ0v) is 8.38. The molecule has 14 heavy (non-hydrogen) atoms. The van der Waals surface area contributed by atoms with E-state index in [1.54, 1.807) is 6.92 Å². The van der Waals surface area contributed by atoms with Crippen LogP contribution in [0, 0.1) is 5.82 Å². The molecule has 1 N–H and O–H groups in total. The van der Waals surface area contributed by atoms with Gasteiger partial charge in [-0.25, -0.2) is 4.39 Å². The fraction of sp³-hybridized carbons (Fsp3) is 0.300. The molecule has 1 aromatic rings. The molecule has 2 nitrogen and oxygen atoms in total. The molecule has 1 atom stereocenters. The molecule has 1 unspecified atom stereocenters. The minimum Gasteiger partial charge on any atom is -0.481 e. The first-order valence-corrected chi connectivity index (χ1v) is 4.62. The summed E-state index contributed by atoms with van der Waals surface area (Å²) in [4.78, 5) is 10.8. The molecule has 0 amide bonds. The molecule has 0 saturated carbocycles. The minimum atomic E-state index is -1.06. The third kappa shape index (κ3) is 2.04. The topological polar surface area (TPSA) is 37.3 Å². The summed E-state index contributed by atoms with van der Waals surface area (Å²) >= 11 is 5.74. The van der Waals surface area contributed by atoms with Crippen molar-refractivity contribution in [2.45, 2.75) is 19.3 Å². The maximum Gasteiger partial charge on any atom is 0.311 e. The van der Waals surface area contributed by atoms with Gasteiger partial charge in [-0.1, -0.05) is 24.6 Å². The number of benzene rings is 1. The number of hydrogen-bond acceptors (Lipinski definition) is 1. The van der Waals surface area contributed by atoms with Gasteiger partial charge < -0.3 is 5.11 Å². The molecule has 4 heteroatoms. The lowest BCUT2D eigenvalue weighted by Crippen LogP contribution is -2.12. The highest BCUT2D eigenvalue weighted by molar-refractivity contribution is 6.31. The van der Waals surface area contributed by atoms with Crippen LogP contribution in [0.15, 0.2) is 18.2 Å². The standard InChI is InChI=1S/C10H10ClFO2/c1-2-6(10(13)14)9-7(11)4-3-5-8(9)12/h3-6H,2H2,1H3,(H,13,14). The van der Waals surface area contributed by atoms with Crippen LogP contribution in [0.1, 0.15) is 24.8 Å². The monoisotopic (exact) mass is 216 g/mol. The lowest BCUT2D eigenvalue weighted by Gasteiger charge is -2.12. The number of carboxylic acid groups (broad SMARTS) is 1. The van der Waals surface area contributed by atoms with Crippen molar-refractivity contribution in [3.63, 3.8) is 0 Å². The molecule has 0 spiro atoms. The molecule has 0 aliphatic rings. The predicted molar refractivity (Wildman–Crippen MR) is 52.1 cm³/mol. The fourth-order valence-corrected chi connectivity index (χ4v) is 1.64. The Labute approximate surface area is 86.3 Å². The molecular weight excluding hydrogens is 207 g/mol. The van der Waals surface area contributed by atoms with Crippen molar-refractivity contribution in [2.24, 2.45) is 0 Å². The molecule has 0 bridgehead atoms. The number of hydrogen-bond donors (Lipinski definition) is 1. The lowest BCUT2D eigenvalue weighted by atomic mass is 9.96. The molecule has 0 aromatic heterocycles. The lowest BCUT2D eigenvalue weighted by molar-refractivity contribution is -0.138. The number of aliphatic carboxylic acids is 1. The van der Waals surface area contributed by atoms with E-state index < -0.39 is 17.7 Å². The SMILES string of the molecule is CCC(C(=O)O)c1c(F)cccc1Cl. The first-order valence-electron chi connectivity index (χ1n) is 4.24. The van der Waals surface area contributed by atoms with E-state index in [4.69, 9.17) is 16.7 Å². The van der Waals surface area contributed by atoms with Crippen molar-refractivity contribution >= 4 is 17.6 Å². The van der Waals surface area contributed by atoms with Gasteiger partial charge in [-0.2, -0.15) is 0 Å². The summed E-state index contributed by atoms with van der Waals surface area (Å²) in [6.07, 6.45) is 0.315. The molecule has 1 aromatic carbocycles. The Bertz CT molecular complexity index is 332. The summed E-state index contributed by atoms with van der Waals surface area (Å²) in [5.41, 5.74) is 0.0733. The van der Waals surface area contributed by atoms with Crippen LogP contribution in [0.4, 0.5) is 4.39 Å². The van der Waals surface area contributed by atoms with Gasteiger partial charge >= 0.3 is 5.97 Å². The van der Waals surface area contributed by atoms with Gasteiger partial charge in [-0.05, 0) is 18.6 Å². The average molecular weight is 217 g/mol. The van der Waals surface area contributed by atoms with E-state index in [2.05, 4.69) is 0 Å². The molecule has 0 saturated heterocycles. The normalized spacial score (nSPS) is 12.5. The summed E-state index contributed by atoms with van der Waals surface area (Å²) in [5.74, 6) is -2.49. The van der Waals surface area contributed by atoms with Crippen molar-refractivity contribution in [1.82, 2.24) is 0 Å². The number of halogens is 2. The third-order valence-electron chi connectivity index (χ3n) is 2.05. The summed E-state index contributed by atoms with van der Waals surface area (Å²) in [5, 5.41) is 9.02.